The van der Waals surface area contributed by atoms with Gasteiger partial charge in [0, 0.05) is 11.4 Å². The van der Waals surface area contributed by atoms with Crippen LogP contribution in [0.2, 0.25) is 0 Å². The fourth-order valence-corrected chi connectivity index (χ4v) is 3.74. The van der Waals surface area contributed by atoms with Crippen molar-refractivity contribution in [3.63, 3.8) is 0 Å². The van der Waals surface area contributed by atoms with Gasteiger partial charge in [-0.25, -0.2) is 4.98 Å². The molecule has 0 aliphatic heterocycles. The number of ether oxygens (including phenoxy) is 1. The molecule has 1 heterocycles. The van der Waals surface area contributed by atoms with Crippen LogP contribution < -0.4 is 4.74 Å². The van der Waals surface area contributed by atoms with Crippen LogP contribution in [0.25, 0.3) is 0 Å². The molecule has 1 aromatic heterocycles. The molecule has 3 aromatic rings. The maximum Gasteiger partial charge on any atom is 0.227 e. The van der Waals surface area contributed by atoms with Crippen LogP contribution in [0.1, 0.15) is 41.2 Å². The van der Waals surface area contributed by atoms with Crippen molar-refractivity contribution < 1.29 is 9.53 Å². The number of nitrogens with zero attached hydrogens (tertiary/aromatic N) is 2. The van der Waals surface area contributed by atoms with Gasteiger partial charge >= 0.3 is 0 Å². The molecule has 5 heteroatoms. The van der Waals surface area contributed by atoms with E-state index in [1.54, 1.807) is 11.3 Å². The lowest BCUT2D eigenvalue weighted by Gasteiger charge is -2.26. The highest BCUT2D eigenvalue weighted by Gasteiger charge is 2.19. The normalized spacial score (nSPS) is 10.9. The molecule has 29 heavy (non-hydrogen) atoms. The molecular formula is C24H28N2O2S. The van der Waals surface area contributed by atoms with Crippen molar-refractivity contribution in [1.29, 1.82) is 0 Å². The third kappa shape index (κ3) is 5.91. The van der Waals surface area contributed by atoms with Gasteiger partial charge in [0.2, 0.25) is 5.91 Å². The summed E-state index contributed by atoms with van der Waals surface area (Å²) in [4.78, 5) is 19.4. The minimum atomic E-state index is 0.114. The lowest BCUT2D eigenvalue weighted by molar-refractivity contribution is -0.132. The summed E-state index contributed by atoms with van der Waals surface area (Å²) in [5.74, 6) is 0.971. The van der Waals surface area contributed by atoms with Gasteiger partial charge < -0.3 is 9.64 Å². The number of aromatic nitrogens is 1. The topological polar surface area (TPSA) is 42.4 Å². The summed E-state index contributed by atoms with van der Waals surface area (Å²) < 4.78 is 5.89. The molecule has 0 N–H and O–H groups in total. The highest BCUT2D eigenvalue weighted by Crippen LogP contribution is 2.20. The van der Waals surface area contributed by atoms with E-state index in [9.17, 15) is 4.79 Å². The van der Waals surface area contributed by atoms with E-state index in [0.29, 0.717) is 19.6 Å². The first-order chi connectivity index (χ1) is 13.9. The first kappa shape index (κ1) is 21.1. The molecule has 0 atom stereocenters. The van der Waals surface area contributed by atoms with E-state index in [-0.39, 0.29) is 11.9 Å². The Kier molecular flexibility index (Phi) is 7.04. The zero-order valence-corrected chi connectivity index (χ0v) is 18.3. The molecule has 1 amide bonds. The Hall–Kier alpha value is -2.66. The molecule has 0 saturated heterocycles. The number of carbonyl (C=O) groups is 1. The van der Waals surface area contributed by atoms with Gasteiger partial charge in [-0.3, -0.25) is 4.79 Å². The van der Waals surface area contributed by atoms with Crippen molar-refractivity contribution in [2.24, 2.45) is 0 Å². The van der Waals surface area contributed by atoms with Gasteiger partial charge in [0.05, 0.1) is 18.7 Å². The van der Waals surface area contributed by atoms with Crippen LogP contribution in [0.3, 0.4) is 0 Å². The average molecular weight is 409 g/mol. The minimum absolute atomic E-state index is 0.114. The van der Waals surface area contributed by atoms with E-state index in [1.165, 1.54) is 11.1 Å². The molecule has 3 rings (SSSR count). The Bertz CT molecular complexity index is 951. The molecule has 0 bridgehead atoms. The molecule has 0 unspecified atom stereocenters. The molecule has 4 nitrogen and oxygen atoms in total. The highest BCUT2D eigenvalue weighted by molar-refractivity contribution is 7.09. The SMILES string of the molecule is Cc1ccc(OCc2nc(CN(C(=O)Cc3ccccc3)C(C)C)cs2)cc1C. The van der Waals surface area contributed by atoms with E-state index in [2.05, 4.69) is 24.9 Å². The Morgan fingerprint density at radius 3 is 2.55 bits per heavy atom. The van der Waals surface area contributed by atoms with Crippen molar-refractivity contribution in [1.82, 2.24) is 9.88 Å². The zero-order chi connectivity index (χ0) is 20.8. The maximum atomic E-state index is 12.8. The standard InChI is InChI=1S/C24H28N2O2S/c1-17(2)26(24(27)13-20-8-6-5-7-9-20)14-21-16-29-23(25-21)15-28-22-11-10-18(3)19(4)12-22/h5-12,16-17H,13-15H2,1-4H3. The van der Waals surface area contributed by atoms with Gasteiger partial charge in [0.25, 0.3) is 0 Å². The average Bonchev–Trinajstić information content (AvgIpc) is 3.15. The second-order valence-corrected chi connectivity index (χ2v) is 8.49. The van der Waals surface area contributed by atoms with Crippen LogP contribution in [0.5, 0.6) is 5.75 Å². The van der Waals surface area contributed by atoms with Crippen LogP contribution in [-0.2, 0) is 24.4 Å². The Morgan fingerprint density at radius 2 is 1.86 bits per heavy atom. The van der Waals surface area contributed by atoms with E-state index in [0.717, 1.165) is 22.0 Å². The van der Waals surface area contributed by atoms with Gasteiger partial charge in [-0.05, 0) is 56.5 Å². The Labute approximate surface area is 177 Å². The van der Waals surface area contributed by atoms with E-state index in [1.807, 2.05) is 66.6 Å². The minimum Gasteiger partial charge on any atom is -0.486 e. The summed E-state index contributed by atoms with van der Waals surface area (Å²) in [6, 6.07) is 16.1. The summed E-state index contributed by atoms with van der Waals surface area (Å²) in [6.45, 7) is 9.21. The number of rotatable bonds is 8. The number of aryl methyl sites for hydroxylation is 2. The second-order valence-electron chi connectivity index (χ2n) is 7.55. The fraction of sp³-hybridized carbons (Fsp3) is 0.333. The monoisotopic (exact) mass is 408 g/mol. The zero-order valence-electron chi connectivity index (χ0n) is 17.5. The van der Waals surface area contributed by atoms with Gasteiger partial charge in [0.1, 0.15) is 17.4 Å². The highest BCUT2D eigenvalue weighted by atomic mass is 32.1. The van der Waals surface area contributed by atoms with Gasteiger partial charge in [-0.15, -0.1) is 11.3 Å². The molecule has 0 radical (unpaired) electrons. The molecule has 2 aromatic carbocycles. The molecule has 0 aliphatic carbocycles. The van der Waals surface area contributed by atoms with Crippen LogP contribution in [-0.4, -0.2) is 21.8 Å². The molecule has 0 spiro atoms. The number of thiazole rings is 1. The number of amides is 1. The third-order valence-corrected chi connectivity index (χ3v) is 5.79. The Morgan fingerprint density at radius 1 is 1.10 bits per heavy atom. The summed E-state index contributed by atoms with van der Waals surface area (Å²) in [7, 11) is 0. The number of carbonyl (C=O) groups excluding carboxylic acids is 1. The van der Waals surface area contributed by atoms with Gasteiger partial charge in [-0.1, -0.05) is 36.4 Å². The van der Waals surface area contributed by atoms with Crippen LogP contribution >= 0.6 is 11.3 Å². The first-order valence-electron chi connectivity index (χ1n) is 9.89. The fourth-order valence-electron chi connectivity index (χ4n) is 3.04. The summed E-state index contributed by atoms with van der Waals surface area (Å²) in [5.41, 5.74) is 4.40. The quantitative estimate of drug-likeness (QED) is 0.507. The first-order valence-corrected chi connectivity index (χ1v) is 10.8. The van der Waals surface area contributed by atoms with Crippen molar-refractivity contribution in [3.8, 4) is 5.75 Å². The predicted octanol–water partition coefficient (Wildman–Crippen LogP) is 5.32. The molecule has 0 saturated carbocycles. The van der Waals surface area contributed by atoms with Crippen LogP contribution in [0.15, 0.2) is 53.9 Å². The third-order valence-electron chi connectivity index (χ3n) is 4.91. The van der Waals surface area contributed by atoms with Crippen molar-refractivity contribution in [2.45, 2.75) is 53.3 Å². The lowest BCUT2D eigenvalue weighted by atomic mass is 10.1. The Balaban J connectivity index is 1.60. The largest absolute Gasteiger partial charge is 0.486 e. The second kappa shape index (κ2) is 9.70. The van der Waals surface area contributed by atoms with Gasteiger partial charge in [-0.2, -0.15) is 0 Å². The van der Waals surface area contributed by atoms with Gasteiger partial charge in [0.15, 0.2) is 0 Å². The molecule has 0 aliphatic rings. The van der Waals surface area contributed by atoms with E-state index >= 15 is 0 Å². The number of benzene rings is 2. The van der Waals surface area contributed by atoms with Crippen molar-refractivity contribution >= 4 is 17.2 Å². The maximum absolute atomic E-state index is 12.8. The van der Waals surface area contributed by atoms with Crippen LogP contribution in [0.4, 0.5) is 0 Å². The van der Waals surface area contributed by atoms with Crippen molar-refractivity contribution in [2.75, 3.05) is 0 Å². The van der Waals surface area contributed by atoms with Crippen LogP contribution in [0, 0.1) is 13.8 Å². The van der Waals surface area contributed by atoms with E-state index in [4.69, 9.17) is 4.74 Å². The number of hydrogen-bond donors (Lipinski definition) is 0. The predicted molar refractivity (Wildman–Crippen MR) is 118 cm³/mol. The lowest BCUT2D eigenvalue weighted by Crippen LogP contribution is -2.37. The van der Waals surface area contributed by atoms with Crippen molar-refractivity contribution in [3.05, 3.63) is 81.3 Å². The van der Waals surface area contributed by atoms with E-state index < -0.39 is 0 Å². The molecule has 152 valence electrons. The summed E-state index contributed by atoms with van der Waals surface area (Å²) in [5, 5.41) is 2.93. The summed E-state index contributed by atoms with van der Waals surface area (Å²) >= 11 is 1.57. The molecular weight excluding hydrogens is 380 g/mol. The smallest absolute Gasteiger partial charge is 0.227 e. The summed E-state index contributed by atoms with van der Waals surface area (Å²) in [6.07, 6.45) is 0.409. The number of hydrogen-bond acceptors (Lipinski definition) is 4. The molecule has 0 fully saturated rings.